The molecule has 3 aromatic carbocycles. The van der Waals surface area contributed by atoms with Crippen LogP contribution in [0, 0.1) is 0 Å². The molecular weight excluding hydrogens is 568 g/mol. The lowest BCUT2D eigenvalue weighted by molar-refractivity contribution is -0.113. The zero-order chi connectivity index (χ0) is 25.1. The van der Waals surface area contributed by atoms with Crippen molar-refractivity contribution >= 4 is 92.4 Å². The molecule has 0 spiro atoms. The molecule has 1 amide bonds. The minimum Gasteiger partial charge on any atom is -0.490 e. The fraction of sp³-hybridized carbons (Fsp3) is 0.120. The monoisotopic (exact) mass is 583 g/mol. The zero-order valence-corrected chi connectivity index (χ0v) is 22.8. The maximum Gasteiger partial charge on any atom is 0.270 e. The first-order valence-corrected chi connectivity index (χ1v) is 13.1. The molecule has 0 N–H and O–H groups in total. The van der Waals surface area contributed by atoms with Gasteiger partial charge in [-0.15, -0.1) is 0 Å². The summed E-state index contributed by atoms with van der Waals surface area (Å²) in [6.07, 6.45) is 1.72. The van der Waals surface area contributed by atoms with Gasteiger partial charge in [0.1, 0.15) is 6.61 Å². The Labute approximate surface area is 232 Å². The lowest BCUT2D eigenvalue weighted by Crippen LogP contribution is -2.27. The van der Waals surface area contributed by atoms with Crippen molar-refractivity contribution in [1.29, 1.82) is 0 Å². The van der Waals surface area contributed by atoms with Crippen molar-refractivity contribution < 1.29 is 14.3 Å². The van der Waals surface area contributed by atoms with Crippen LogP contribution < -0.4 is 14.4 Å². The molecule has 1 fully saturated rings. The third-order valence-electron chi connectivity index (χ3n) is 4.88. The summed E-state index contributed by atoms with van der Waals surface area (Å²) < 4.78 is 12.1. The molecule has 0 unspecified atom stereocenters. The van der Waals surface area contributed by atoms with Crippen molar-refractivity contribution in [1.82, 2.24) is 0 Å². The van der Waals surface area contributed by atoms with Crippen molar-refractivity contribution in [2.24, 2.45) is 0 Å². The Kier molecular flexibility index (Phi) is 8.53. The van der Waals surface area contributed by atoms with Gasteiger partial charge in [-0.1, -0.05) is 82.5 Å². The van der Waals surface area contributed by atoms with E-state index in [0.717, 1.165) is 5.56 Å². The van der Waals surface area contributed by atoms with E-state index in [9.17, 15) is 4.79 Å². The number of halogens is 4. The minimum atomic E-state index is -0.268. The maximum absolute atomic E-state index is 13.1. The molecule has 3 aromatic rings. The normalized spacial score (nSPS) is 14.7. The first-order chi connectivity index (χ1) is 16.8. The summed E-state index contributed by atoms with van der Waals surface area (Å²) in [4.78, 5) is 15.0. The molecule has 1 aliphatic rings. The molecule has 0 bridgehead atoms. The van der Waals surface area contributed by atoms with Gasteiger partial charge in [0.15, 0.2) is 15.8 Å². The van der Waals surface area contributed by atoms with Gasteiger partial charge in [0.05, 0.1) is 32.3 Å². The number of hydrogen-bond acceptors (Lipinski definition) is 5. The standard InChI is InChI=1S/C25H17Cl4NO3S2/c1-2-32-21-10-15(9-20(29)23(21)33-13-14-3-5-16(26)6-4-14)11-22-24(31)30(25(34)35-22)17-7-8-18(27)19(28)12-17/h3-12H,2,13H2,1H3/b22-11-. The van der Waals surface area contributed by atoms with E-state index in [4.69, 9.17) is 68.1 Å². The van der Waals surface area contributed by atoms with Crippen LogP contribution in [0.4, 0.5) is 5.69 Å². The van der Waals surface area contributed by atoms with Crippen LogP contribution in [-0.4, -0.2) is 16.8 Å². The fourth-order valence-electron chi connectivity index (χ4n) is 3.28. The van der Waals surface area contributed by atoms with Crippen LogP contribution in [0.1, 0.15) is 18.1 Å². The van der Waals surface area contributed by atoms with E-state index in [2.05, 4.69) is 0 Å². The predicted molar refractivity (Wildman–Crippen MR) is 151 cm³/mol. The van der Waals surface area contributed by atoms with Crippen molar-refractivity contribution in [3.8, 4) is 11.5 Å². The van der Waals surface area contributed by atoms with E-state index in [1.807, 2.05) is 19.1 Å². The Bertz CT molecular complexity index is 1330. The average molecular weight is 585 g/mol. The summed E-state index contributed by atoms with van der Waals surface area (Å²) >= 11 is 31.3. The van der Waals surface area contributed by atoms with Gasteiger partial charge in [0.25, 0.3) is 5.91 Å². The Morgan fingerprint density at radius 3 is 2.37 bits per heavy atom. The summed E-state index contributed by atoms with van der Waals surface area (Å²) in [6.45, 7) is 2.57. The molecule has 0 aliphatic carbocycles. The van der Waals surface area contributed by atoms with Crippen LogP contribution in [0.25, 0.3) is 6.08 Å². The van der Waals surface area contributed by atoms with Gasteiger partial charge in [0, 0.05) is 5.02 Å². The highest BCUT2D eigenvalue weighted by molar-refractivity contribution is 8.27. The highest BCUT2D eigenvalue weighted by Crippen LogP contribution is 2.41. The lowest BCUT2D eigenvalue weighted by Gasteiger charge is -2.15. The number of amides is 1. The van der Waals surface area contributed by atoms with Gasteiger partial charge < -0.3 is 9.47 Å². The van der Waals surface area contributed by atoms with Crippen LogP contribution in [0.3, 0.4) is 0 Å². The zero-order valence-electron chi connectivity index (χ0n) is 18.2. The van der Waals surface area contributed by atoms with Crippen molar-refractivity contribution in [2.75, 3.05) is 11.5 Å². The van der Waals surface area contributed by atoms with Crippen molar-refractivity contribution in [3.63, 3.8) is 0 Å². The molecular formula is C25H17Cl4NO3S2. The van der Waals surface area contributed by atoms with E-state index in [1.165, 1.54) is 16.7 Å². The van der Waals surface area contributed by atoms with Crippen LogP contribution >= 0.6 is 70.4 Å². The smallest absolute Gasteiger partial charge is 0.270 e. The second-order valence-corrected chi connectivity index (χ2v) is 10.6. The number of ether oxygens (including phenoxy) is 2. The number of anilines is 1. The first-order valence-electron chi connectivity index (χ1n) is 10.3. The fourth-order valence-corrected chi connectivity index (χ4v) is 5.27. The molecule has 4 nitrogen and oxygen atoms in total. The second-order valence-electron chi connectivity index (χ2n) is 7.29. The minimum absolute atomic E-state index is 0.268. The number of thioether (sulfide) groups is 1. The highest BCUT2D eigenvalue weighted by atomic mass is 35.5. The molecule has 0 radical (unpaired) electrons. The number of carbonyl (C=O) groups is 1. The Balaban J connectivity index is 1.60. The topological polar surface area (TPSA) is 38.8 Å². The molecule has 1 aliphatic heterocycles. The van der Waals surface area contributed by atoms with E-state index in [-0.39, 0.29) is 5.91 Å². The Hall–Kier alpha value is -1.93. The van der Waals surface area contributed by atoms with E-state index in [1.54, 1.807) is 48.5 Å². The summed E-state index contributed by atoms with van der Waals surface area (Å²) in [5, 5.41) is 1.74. The number of carbonyl (C=O) groups excluding carboxylic acids is 1. The predicted octanol–water partition coefficient (Wildman–Crippen LogP) is 8.68. The van der Waals surface area contributed by atoms with E-state index in [0.29, 0.717) is 65.3 Å². The van der Waals surface area contributed by atoms with Crippen molar-refractivity contribution in [2.45, 2.75) is 13.5 Å². The van der Waals surface area contributed by atoms with Gasteiger partial charge in [-0.2, -0.15) is 0 Å². The van der Waals surface area contributed by atoms with Gasteiger partial charge in [-0.05, 0) is 66.6 Å². The highest BCUT2D eigenvalue weighted by Gasteiger charge is 2.33. The molecule has 180 valence electrons. The van der Waals surface area contributed by atoms with Gasteiger partial charge in [-0.25, -0.2) is 0 Å². The van der Waals surface area contributed by atoms with Crippen LogP contribution in [-0.2, 0) is 11.4 Å². The van der Waals surface area contributed by atoms with E-state index < -0.39 is 0 Å². The first kappa shape index (κ1) is 26.1. The summed E-state index contributed by atoms with van der Waals surface area (Å²) in [5.41, 5.74) is 2.15. The largest absolute Gasteiger partial charge is 0.490 e. The number of nitrogens with zero attached hydrogens (tertiary/aromatic N) is 1. The molecule has 4 rings (SSSR count). The van der Waals surface area contributed by atoms with Gasteiger partial charge >= 0.3 is 0 Å². The molecule has 10 heteroatoms. The van der Waals surface area contributed by atoms with Crippen LogP contribution in [0.15, 0.2) is 59.5 Å². The molecule has 0 saturated carbocycles. The molecule has 0 aromatic heterocycles. The molecule has 1 saturated heterocycles. The number of rotatable bonds is 7. The molecule has 1 heterocycles. The van der Waals surface area contributed by atoms with Gasteiger partial charge in [-0.3, -0.25) is 9.69 Å². The Morgan fingerprint density at radius 2 is 1.69 bits per heavy atom. The Morgan fingerprint density at radius 1 is 0.943 bits per heavy atom. The lowest BCUT2D eigenvalue weighted by atomic mass is 10.1. The SMILES string of the molecule is CCOc1cc(/C=C2\SC(=S)N(c3ccc(Cl)c(Cl)c3)C2=O)cc(Cl)c1OCc1ccc(Cl)cc1. The second kappa shape index (κ2) is 11.4. The molecule has 35 heavy (non-hydrogen) atoms. The van der Waals surface area contributed by atoms with Crippen molar-refractivity contribution in [3.05, 3.63) is 90.7 Å². The average Bonchev–Trinajstić information content (AvgIpc) is 3.09. The quantitative estimate of drug-likeness (QED) is 0.205. The van der Waals surface area contributed by atoms with Crippen LogP contribution in [0.2, 0.25) is 20.1 Å². The van der Waals surface area contributed by atoms with Gasteiger partial charge in [0.2, 0.25) is 0 Å². The van der Waals surface area contributed by atoms with Crippen LogP contribution in [0.5, 0.6) is 11.5 Å². The summed E-state index contributed by atoms with van der Waals surface area (Å²) in [7, 11) is 0. The summed E-state index contributed by atoms with van der Waals surface area (Å²) in [6, 6.07) is 15.8. The maximum atomic E-state index is 13.1. The number of thiocarbonyl (C=S) groups is 1. The molecule has 0 atom stereocenters. The third kappa shape index (κ3) is 6.08. The van der Waals surface area contributed by atoms with E-state index >= 15 is 0 Å². The summed E-state index contributed by atoms with van der Waals surface area (Å²) in [5.74, 6) is 0.625. The number of benzene rings is 3. The third-order valence-corrected chi connectivity index (χ3v) is 7.45. The number of hydrogen-bond donors (Lipinski definition) is 0.